The Hall–Kier alpha value is -4.59. The van der Waals surface area contributed by atoms with E-state index in [1.165, 1.54) is 199 Å². The molecule has 0 aliphatic rings. The van der Waals surface area contributed by atoms with Crippen molar-refractivity contribution in [3.63, 3.8) is 0 Å². The highest BCUT2D eigenvalue weighted by Crippen LogP contribution is 2.61. The van der Waals surface area contributed by atoms with Crippen molar-refractivity contribution >= 4 is 121 Å². The number of hydrogen-bond donors (Lipinski definition) is 2. The van der Waals surface area contributed by atoms with Gasteiger partial charge in [0.15, 0.2) is 0 Å². The average Bonchev–Trinajstić information content (AvgIpc) is 1.53. The summed E-state index contributed by atoms with van der Waals surface area (Å²) in [6.07, 6.45) is 38.7. The Labute approximate surface area is 779 Å². The summed E-state index contributed by atoms with van der Waals surface area (Å²) in [4.78, 5) is 4.27. The van der Waals surface area contributed by atoms with E-state index >= 15 is 10.2 Å². The molecule has 2 N–H and O–H groups in total. The van der Waals surface area contributed by atoms with Gasteiger partial charge in [-0.1, -0.05) is 341 Å². The van der Waals surface area contributed by atoms with Crippen LogP contribution in [-0.2, 0) is 11.2 Å². The fourth-order valence-corrected chi connectivity index (χ4v) is 47.9. The fourth-order valence-electron chi connectivity index (χ4n) is 21.6. The number of hydrogen-bond acceptors (Lipinski definition) is 12. The Morgan fingerprint density at radius 3 is 0.694 bits per heavy atom. The highest BCUT2D eigenvalue weighted by Gasteiger charge is 2.50. The molecule has 14 heteroatoms. The van der Waals surface area contributed by atoms with Crippen LogP contribution in [0, 0.1) is 23.7 Å². The van der Waals surface area contributed by atoms with Crippen LogP contribution >= 0.6 is 68.0 Å². The van der Waals surface area contributed by atoms with Crippen LogP contribution in [0.3, 0.4) is 0 Å². The molecule has 0 radical (unpaired) electrons. The summed E-state index contributed by atoms with van der Waals surface area (Å²) < 4.78 is 38.1. The molecule has 0 fully saturated rings. The third-order valence-electron chi connectivity index (χ3n) is 28.5. The lowest BCUT2D eigenvalue weighted by atomic mass is 9.78. The largest absolute Gasteiger partial charge is 0.493 e. The van der Waals surface area contributed by atoms with Crippen LogP contribution in [0.15, 0.2) is 121 Å². The predicted octanol–water partition coefficient (Wildman–Crippen LogP) is 35.8. The van der Waals surface area contributed by atoms with Gasteiger partial charge in [0.05, 0.1) is 45.6 Å². The van der Waals surface area contributed by atoms with Gasteiger partial charge in [-0.2, -0.15) is 0 Å². The van der Waals surface area contributed by atoms with E-state index in [-0.39, 0.29) is 0 Å². The second-order valence-corrected chi connectivity index (χ2v) is 58.0. The molecule has 0 amide bonds. The number of ether oxygens (including phenoxy) is 4. The molecule has 124 heavy (non-hydrogen) atoms. The molecule has 0 aliphatic carbocycles. The quantitative estimate of drug-likeness (QED) is 0.0292. The topological polar surface area (TPSA) is 77.4 Å². The number of benzene rings is 4. The summed E-state index contributed by atoms with van der Waals surface area (Å²) in [7, 11) is -4.10. The monoisotopic (exact) mass is 1830 g/mol. The van der Waals surface area contributed by atoms with Crippen molar-refractivity contribution in [3.05, 3.63) is 155 Å². The van der Waals surface area contributed by atoms with Gasteiger partial charge in [0.25, 0.3) is 0 Å². The lowest BCUT2D eigenvalue weighted by Gasteiger charge is -2.42. The molecule has 684 valence electrons. The number of unbranched alkanes of at least 4 members (excludes halogenated alkanes) is 16. The molecule has 0 bridgehead atoms. The molecule has 4 aromatic carbocycles. The van der Waals surface area contributed by atoms with Crippen molar-refractivity contribution in [1.29, 1.82) is 0 Å². The summed E-state index contributed by atoms with van der Waals surface area (Å²) >= 11 is 11.4. The molecule has 4 unspecified atom stereocenters. The summed E-state index contributed by atoms with van der Waals surface area (Å²) in [5, 5.41) is 31.4. The lowest BCUT2D eigenvalue weighted by molar-refractivity contribution is 0.127. The molecule has 0 saturated carbocycles. The third kappa shape index (κ3) is 24.4. The normalized spacial score (nSPS) is 14.5. The van der Waals surface area contributed by atoms with Crippen LogP contribution in [0.5, 0.6) is 23.0 Å². The molecule has 6 aromatic heterocycles. The predicted molar refractivity (Wildman–Crippen MR) is 558 cm³/mol. The maximum absolute atomic E-state index is 15.7. The van der Waals surface area contributed by atoms with Crippen LogP contribution in [0.25, 0.3) is 47.7 Å². The van der Waals surface area contributed by atoms with Crippen LogP contribution in [0.4, 0.5) is 0 Å². The van der Waals surface area contributed by atoms with E-state index in [1.807, 2.05) is 45.3 Å². The maximum Gasteiger partial charge on any atom is 0.143 e. The van der Waals surface area contributed by atoms with Crippen molar-refractivity contribution in [1.82, 2.24) is 0 Å². The smallest absolute Gasteiger partial charge is 0.143 e. The molecule has 0 aliphatic heterocycles. The Morgan fingerprint density at radius 1 is 0.266 bits per heavy atom. The Bertz CT molecular complexity index is 4150. The van der Waals surface area contributed by atoms with Gasteiger partial charge >= 0.3 is 0 Å². The second kappa shape index (κ2) is 49.6. The van der Waals surface area contributed by atoms with E-state index in [1.54, 1.807) is 31.7 Å². The van der Waals surface area contributed by atoms with Gasteiger partial charge in [0.1, 0.15) is 50.3 Å². The van der Waals surface area contributed by atoms with E-state index < -0.39 is 27.3 Å². The van der Waals surface area contributed by atoms with E-state index in [2.05, 4.69) is 260 Å². The molecule has 6 heterocycles. The van der Waals surface area contributed by atoms with Crippen molar-refractivity contribution in [2.45, 2.75) is 388 Å². The van der Waals surface area contributed by atoms with Gasteiger partial charge in [-0.05, 0) is 212 Å². The second-order valence-electron chi connectivity index (χ2n) is 39.2. The molecule has 10 rings (SSSR count). The molecule has 4 atom stereocenters. The Kier molecular flexibility index (Phi) is 40.6. The van der Waals surface area contributed by atoms with Crippen molar-refractivity contribution < 1.29 is 29.2 Å². The van der Waals surface area contributed by atoms with Crippen LogP contribution in [0.2, 0.25) is 33.2 Å². The van der Waals surface area contributed by atoms with Gasteiger partial charge in [-0.3, -0.25) is 0 Å². The first-order valence-corrected chi connectivity index (χ1v) is 59.3. The van der Waals surface area contributed by atoms with Crippen LogP contribution in [-0.4, -0.2) is 52.8 Å². The first-order valence-electron chi connectivity index (χ1n) is 49.9. The highest BCUT2D eigenvalue weighted by molar-refractivity contribution is 7.40. The number of fused-ring (bicyclic) bond motifs is 3. The van der Waals surface area contributed by atoms with E-state index in [4.69, 9.17) is 18.9 Å². The van der Waals surface area contributed by atoms with Gasteiger partial charge in [0.2, 0.25) is 0 Å². The van der Waals surface area contributed by atoms with Crippen molar-refractivity contribution in [2.75, 3.05) is 26.4 Å². The maximum atomic E-state index is 15.7. The third-order valence-corrected chi connectivity index (χ3v) is 51.8. The molecular formula is C110H164O6S6Si2. The van der Waals surface area contributed by atoms with Gasteiger partial charge < -0.3 is 29.2 Å². The molecule has 0 saturated heterocycles. The zero-order chi connectivity index (χ0) is 89.1. The highest BCUT2D eigenvalue weighted by atomic mass is 32.1. The summed E-state index contributed by atoms with van der Waals surface area (Å²) in [6, 6.07) is 44.5. The molecule has 10 aromatic rings. The van der Waals surface area contributed by atoms with E-state index in [0.717, 1.165) is 111 Å². The standard InChI is InChI=1S/C110H164O6S6Si2/c1-21-29-37-41-49-83(45-33-25-5)73-113-91-61-53-87(54-62-91)109(111,88-55-63-92(64-56-88)114-74-84(46-34-26-6)50-42-38-30-22-2)103-105(99-69-95-97(117-99)71-101(119-95)123(77(9)10,78(11)12)79(13)14)121-108-104(106(122-107(103)108)100-70-96-98(118-100)72-102(120-96)124(80(15)16,81(17)18)82(19)20)110(112,89-57-65-93(66-58-89)115-75-85(47-35-27-7)51-43-39-31-23-3)90-59-67-94(68-60-90)116-76-86(48-36-28-8)52-44-40-32-24-4/h53-72,77-86,111-112H,21-52,73-76H2,1-20H3. The van der Waals surface area contributed by atoms with E-state index in [9.17, 15) is 0 Å². The van der Waals surface area contributed by atoms with Gasteiger partial charge in [-0.15, -0.1) is 68.0 Å². The van der Waals surface area contributed by atoms with Crippen LogP contribution in [0.1, 0.15) is 377 Å². The molecule has 6 nitrogen and oxygen atoms in total. The number of thiophene rings is 6. The Morgan fingerprint density at radius 2 is 0.484 bits per heavy atom. The lowest BCUT2D eigenvalue weighted by Crippen LogP contribution is -2.54. The number of rotatable bonds is 60. The molecular weight excluding hydrogens is 1670 g/mol. The first kappa shape index (κ1) is 102. The summed E-state index contributed by atoms with van der Waals surface area (Å²) in [5.41, 5.74) is 4.57. The van der Waals surface area contributed by atoms with Crippen molar-refractivity contribution in [2.24, 2.45) is 23.7 Å². The van der Waals surface area contributed by atoms with Gasteiger partial charge in [0, 0.05) is 39.7 Å². The van der Waals surface area contributed by atoms with Crippen molar-refractivity contribution in [3.8, 4) is 42.5 Å². The minimum absolute atomic E-state index is 0.473. The zero-order valence-electron chi connectivity index (χ0n) is 80.8. The minimum atomic E-state index is -2.05. The van der Waals surface area contributed by atoms with Gasteiger partial charge in [-0.25, -0.2) is 0 Å². The summed E-state index contributed by atoms with van der Waals surface area (Å²) in [6.45, 7) is 50.9. The summed E-state index contributed by atoms with van der Waals surface area (Å²) in [5.74, 6) is 5.16. The zero-order valence-corrected chi connectivity index (χ0v) is 87.7. The Balaban J connectivity index is 1.28. The SMILES string of the molecule is CCCCCCC(CCCC)COc1ccc(C(O)(c2ccc(OCC(CCCC)CCCCCC)cc2)c2c(-c3cc4sc([Si](C(C)C)(C(C)C)C(C)C)cc4s3)sc3c(C(O)(c4ccc(OCC(CCCC)CCCCCC)cc4)c4ccc(OCC(CCCC)CCCCCC)cc4)c(-c4cc5sc([Si](C(C)C)(C(C)C)C(C)C)cc5s4)sc23)cc1. The van der Waals surface area contributed by atoms with E-state index in [0.29, 0.717) is 83.3 Å². The number of aliphatic hydroxyl groups is 2. The van der Waals surface area contributed by atoms with Crippen LogP contribution < -0.4 is 27.9 Å². The minimum Gasteiger partial charge on any atom is -0.493 e. The first-order chi connectivity index (χ1) is 59.9. The molecule has 0 spiro atoms. The fraction of sp³-hybridized carbons (Fsp3) is 0.618. The average molecular weight is 1830 g/mol.